The van der Waals surface area contributed by atoms with Crippen LogP contribution >= 0.6 is 0 Å². The van der Waals surface area contributed by atoms with E-state index >= 15 is 0 Å². The molecule has 0 radical (unpaired) electrons. The number of nitrogens with zero attached hydrogens (tertiary/aromatic N) is 2. The average molecular weight is 314 g/mol. The van der Waals surface area contributed by atoms with Gasteiger partial charge in [-0.15, -0.1) is 0 Å². The van der Waals surface area contributed by atoms with Crippen LogP contribution in [-0.4, -0.2) is 36.3 Å². The second-order valence-corrected chi connectivity index (χ2v) is 6.00. The van der Waals surface area contributed by atoms with Crippen molar-refractivity contribution < 1.29 is 9.18 Å². The minimum atomic E-state index is -0.278. The number of carbonyl (C=O) groups is 1. The fraction of sp³-hybridized carbons (Fsp3) is 0.316. The van der Waals surface area contributed by atoms with Gasteiger partial charge in [0.1, 0.15) is 5.82 Å². The highest BCUT2D eigenvalue weighted by Gasteiger charge is 2.14. The first kappa shape index (κ1) is 17.2. The second kappa shape index (κ2) is 7.88. The molecule has 0 bridgehead atoms. The van der Waals surface area contributed by atoms with Crippen LogP contribution in [-0.2, 0) is 17.9 Å². The maximum atomic E-state index is 13.6. The molecule has 0 aromatic heterocycles. The fourth-order valence-electron chi connectivity index (χ4n) is 2.38. The van der Waals surface area contributed by atoms with E-state index in [-0.39, 0.29) is 18.3 Å². The standard InChI is InChI=1S/C19H23FN2O/c1-15-8-10-16(11-9-15)12-21(2)14-19(23)22(3)13-17-6-4-5-7-18(17)20/h4-11H,12-14H2,1-3H3. The lowest BCUT2D eigenvalue weighted by Gasteiger charge is -2.22. The number of halogens is 1. The quantitative estimate of drug-likeness (QED) is 0.817. The molecule has 0 unspecified atom stereocenters. The Labute approximate surface area is 137 Å². The largest absolute Gasteiger partial charge is 0.340 e. The Morgan fingerprint density at radius 1 is 1.00 bits per heavy atom. The van der Waals surface area contributed by atoms with Crippen LogP contribution in [0.1, 0.15) is 16.7 Å². The summed E-state index contributed by atoms with van der Waals surface area (Å²) in [7, 11) is 3.61. The number of benzene rings is 2. The van der Waals surface area contributed by atoms with E-state index in [0.29, 0.717) is 18.7 Å². The van der Waals surface area contributed by atoms with Gasteiger partial charge in [-0.1, -0.05) is 48.0 Å². The van der Waals surface area contributed by atoms with Crippen molar-refractivity contribution in [2.24, 2.45) is 0 Å². The van der Waals surface area contributed by atoms with Gasteiger partial charge < -0.3 is 4.90 Å². The van der Waals surface area contributed by atoms with Gasteiger partial charge >= 0.3 is 0 Å². The molecule has 0 aliphatic carbocycles. The van der Waals surface area contributed by atoms with Gasteiger partial charge in [-0.3, -0.25) is 9.69 Å². The molecule has 3 nitrogen and oxygen atoms in total. The number of likely N-dealkylation sites (N-methyl/N-ethyl adjacent to an activating group) is 2. The van der Waals surface area contributed by atoms with Crippen LogP contribution in [0.4, 0.5) is 4.39 Å². The molecule has 0 aliphatic heterocycles. The van der Waals surface area contributed by atoms with Crippen molar-refractivity contribution in [2.45, 2.75) is 20.0 Å². The van der Waals surface area contributed by atoms with Gasteiger partial charge in [-0.2, -0.15) is 0 Å². The molecular formula is C19H23FN2O. The molecule has 0 N–H and O–H groups in total. The molecule has 0 saturated heterocycles. The monoisotopic (exact) mass is 314 g/mol. The van der Waals surface area contributed by atoms with Crippen molar-refractivity contribution in [3.63, 3.8) is 0 Å². The van der Waals surface area contributed by atoms with Crippen LogP contribution in [0, 0.1) is 12.7 Å². The van der Waals surface area contributed by atoms with Crippen LogP contribution in [0.25, 0.3) is 0 Å². The van der Waals surface area contributed by atoms with Gasteiger partial charge in [-0.05, 0) is 25.6 Å². The fourth-order valence-corrected chi connectivity index (χ4v) is 2.38. The van der Waals surface area contributed by atoms with Crippen LogP contribution in [0.15, 0.2) is 48.5 Å². The minimum absolute atomic E-state index is 0.0251. The highest BCUT2D eigenvalue weighted by atomic mass is 19.1. The number of hydrogen-bond acceptors (Lipinski definition) is 2. The van der Waals surface area contributed by atoms with Gasteiger partial charge in [-0.25, -0.2) is 4.39 Å². The van der Waals surface area contributed by atoms with E-state index in [1.54, 1.807) is 30.1 Å². The van der Waals surface area contributed by atoms with E-state index in [2.05, 4.69) is 31.2 Å². The van der Waals surface area contributed by atoms with Crippen molar-refractivity contribution in [3.8, 4) is 0 Å². The average Bonchev–Trinajstić information content (AvgIpc) is 2.51. The van der Waals surface area contributed by atoms with E-state index in [1.807, 2.05) is 11.9 Å². The summed E-state index contributed by atoms with van der Waals surface area (Å²) in [6, 6.07) is 14.8. The van der Waals surface area contributed by atoms with Crippen molar-refractivity contribution in [3.05, 3.63) is 71.0 Å². The Hall–Kier alpha value is -2.20. The summed E-state index contributed by atoms with van der Waals surface area (Å²) in [6.07, 6.45) is 0. The summed E-state index contributed by atoms with van der Waals surface area (Å²) in [5, 5.41) is 0. The number of rotatable bonds is 6. The summed E-state index contributed by atoms with van der Waals surface area (Å²) in [5.41, 5.74) is 2.92. The van der Waals surface area contributed by atoms with Gasteiger partial charge in [0.15, 0.2) is 0 Å². The lowest BCUT2D eigenvalue weighted by Crippen LogP contribution is -2.36. The molecule has 0 spiro atoms. The summed E-state index contributed by atoms with van der Waals surface area (Å²) >= 11 is 0. The van der Waals surface area contributed by atoms with Crippen LogP contribution in [0.5, 0.6) is 0 Å². The van der Waals surface area contributed by atoms with Crippen LogP contribution in [0.3, 0.4) is 0 Å². The number of amides is 1. The number of carbonyl (C=O) groups excluding carboxylic acids is 1. The molecule has 2 rings (SSSR count). The molecule has 0 fully saturated rings. The zero-order valence-corrected chi connectivity index (χ0v) is 13.9. The SMILES string of the molecule is Cc1ccc(CN(C)CC(=O)N(C)Cc2ccccc2F)cc1. The lowest BCUT2D eigenvalue weighted by molar-refractivity contribution is -0.131. The Bertz CT molecular complexity index is 655. The van der Waals surface area contributed by atoms with Crippen molar-refractivity contribution in [1.29, 1.82) is 0 Å². The van der Waals surface area contributed by atoms with E-state index in [4.69, 9.17) is 0 Å². The topological polar surface area (TPSA) is 23.6 Å². The Morgan fingerprint density at radius 2 is 1.65 bits per heavy atom. The predicted molar refractivity (Wildman–Crippen MR) is 90.4 cm³/mol. The Morgan fingerprint density at radius 3 is 2.30 bits per heavy atom. The zero-order chi connectivity index (χ0) is 16.8. The van der Waals surface area contributed by atoms with Crippen LogP contribution < -0.4 is 0 Å². The van der Waals surface area contributed by atoms with E-state index in [0.717, 1.165) is 0 Å². The predicted octanol–water partition coefficient (Wildman–Crippen LogP) is 3.22. The van der Waals surface area contributed by atoms with Crippen molar-refractivity contribution >= 4 is 5.91 Å². The number of aryl methyl sites for hydroxylation is 1. The maximum absolute atomic E-state index is 13.6. The summed E-state index contributed by atoms with van der Waals surface area (Å²) < 4.78 is 13.6. The Kier molecular flexibility index (Phi) is 5.88. The molecule has 1 amide bonds. The molecule has 0 saturated carbocycles. The van der Waals surface area contributed by atoms with Crippen molar-refractivity contribution in [1.82, 2.24) is 9.80 Å². The van der Waals surface area contributed by atoms with Gasteiger partial charge in [0.05, 0.1) is 6.54 Å². The highest BCUT2D eigenvalue weighted by Crippen LogP contribution is 2.10. The van der Waals surface area contributed by atoms with Gasteiger partial charge in [0, 0.05) is 25.7 Å². The maximum Gasteiger partial charge on any atom is 0.236 e. The first-order valence-corrected chi connectivity index (χ1v) is 7.67. The zero-order valence-electron chi connectivity index (χ0n) is 13.9. The molecule has 2 aromatic rings. The third kappa shape index (κ3) is 5.18. The minimum Gasteiger partial charge on any atom is -0.340 e. The first-order chi connectivity index (χ1) is 11.0. The molecule has 4 heteroatoms. The third-order valence-electron chi connectivity index (χ3n) is 3.77. The number of hydrogen-bond donors (Lipinski definition) is 0. The molecule has 2 aromatic carbocycles. The molecule has 0 aliphatic rings. The second-order valence-electron chi connectivity index (χ2n) is 6.00. The summed E-state index contributed by atoms with van der Waals surface area (Å²) in [5.74, 6) is -0.303. The molecule has 0 heterocycles. The molecular weight excluding hydrogens is 291 g/mol. The highest BCUT2D eigenvalue weighted by molar-refractivity contribution is 5.77. The normalized spacial score (nSPS) is 10.8. The first-order valence-electron chi connectivity index (χ1n) is 7.67. The van der Waals surface area contributed by atoms with E-state index in [9.17, 15) is 9.18 Å². The summed E-state index contributed by atoms with van der Waals surface area (Å²) in [6.45, 7) is 3.34. The lowest BCUT2D eigenvalue weighted by atomic mass is 10.1. The van der Waals surface area contributed by atoms with E-state index < -0.39 is 0 Å². The third-order valence-corrected chi connectivity index (χ3v) is 3.77. The molecule has 0 atom stereocenters. The Balaban J connectivity index is 1.87. The molecule has 122 valence electrons. The smallest absolute Gasteiger partial charge is 0.236 e. The van der Waals surface area contributed by atoms with E-state index in [1.165, 1.54) is 17.2 Å². The van der Waals surface area contributed by atoms with Crippen molar-refractivity contribution in [2.75, 3.05) is 20.6 Å². The molecule has 23 heavy (non-hydrogen) atoms. The van der Waals surface area contributed by atoms with Gasteiger partial charge in [0.25, 0.3) is 0 Å². The van der Waals surface area contributed by atoms with Gasteiger partial charge in [0.2, 0.25) is 5.91 Å². The summed E-state index contributed by atoms with van der Waals surface area (Å²) in [4.78, 5) is 15.8. The van der Waals surface area contributed by atoms with Crippen LogP contribution in [0.2, 0.25) is 0 Å².